The van der Waals surface area contributed by atoms with Gasteiger partial charge in [-0.25, -0.2) is 4.79 Å². The van der Waals surface area contributed by atoms with Gasteiger partial charge in [0.2, 0.25) is 0 Å². The fraction of sp³-hybridized carbons (Fsp3) is 0.583. The number of nitrogens with zero attached hydrogens (tertiary/aromatic N) is 3. The number of carboxylic acids is 1. The van der Waals surface area contributed by atoms with E-state index < -0.39 is 12.0 Å². The van der Waals surface area contributed by atoms with E-state index in [0.717, 1.165) is 5.69 Å². The minimum atomic E-state index is -1.05. The van der Waals surface area contributed by atoms with E-state index in [2.05, 4.69) is 5.10 Å². The monoisotopic (exact) mass is 267 g/mol. The van der Waals surface area contributed by atoms with Crippen LogP contribution in [-0.2, 0) is 16.6 Å². The Bertz CT molecular complexity index is 523. The molecule has 2 rings (SSSR count). The summed E-state index contributed by atoms with van der Waals surface area (Å²) in [6.07, 6.45) is 0. The Morgan fingerprint density at radius 1 is 1.42 bits per heavy atom. The maximum atomic E-state index is 12.5. The number of ether oxygens (including phenoxy) is 1. The summed E-state index contributed by atoms with van der Waals surface area (Å²) in [6.45, 7) is 4.21. The Labute approximate surface area is 110 Å². The van der Waals surface area contributed by atoms with Crippen molar-refractivity contribution in [3.05, 3.63) is 17.0 Å². The predicted molar refractivity (Wildman–Crippen MR) is 66.0 cm³/mol. The highest BCUT2D eigenvalue weighted by Crippen LogP contribution is 2.18. The van der Waals surface area contributed by atoms with Crippen LogP contribution in [0.25, 0.3) is 0 Å². The molecule has 1 N–H and O–H groups in total. The third-order valence-electron chi connectivity index (χ3n) is 3.40. The van der Waals surface area contributed by atoms with Crippen LogP contribution in [0.3, 0.4) is 0 Å². The van der Waals surface area contributed by atoms with Gasteiger partial charge in [-0.05, 0) is 13.8 Å². The number of carbonyl (C=O) groups is 2. The molecule has 0 saturated carbocycles. The zero-order chi connectivity index (χ0) is 14.2. The fourth-order valence-corrected chi connectivity index (χ4v) is 2.28. The second-order valence-corrected chi connectivity index (χ2v) is 4.60. The third-order valence-corrected chi connectivity index (χ3v) is 3.40. The van der Waals surface area contributed by atoms with Crippen LogP contribution in [0.2, 0.25) is 0 Å². The maximum Gasteiger partial charge on any atom is 0.328 e. The number of carboxylic acid groups (broad SMARTS) is 1. The molecule has 1 fully saturated rings. The van der Waals surface area contributed by atoms with Crippen LogP contribution in [0.1, 0.15) is 21.7 Å². The van der Waals surface area contributed by atoms with Crippen molar-refractivity contribution in [2.24, 2.45) is 7.05 Å². The summed E-state index contributed by atoms with van der Waals surface area (Å²) in [5.41, 5.74) is 1.83. The van der Waals surface area contributed by atoms with Crippen LogP contribution in [0, 0.1) is 13.8 Å². The zero-order valence-electron chi connectivity index (χ0n) is 11.2. The van der Waals surface area contributed by atoms with E-state index in [-0.39, 0.29) is 19.1 Å². The molecule has 0 radical (unpaired) electrons. The molecule has 1 aliphatic heterocycles. The van der Waals surface area contributed by atoms with Crippen molar-refractivity contribution in [1.82, 2.24) is 14.7 Å². The number of morpholine rings is 1. The number of carbonyl (C=O) groups excluding carboxylic acids is 1. The van der Waals surface area contributed by atoms with E-state index in [0.29, 0.717) is 17.9 Å². The van der Waals surface area contributed by atoms with Gasteiger partial charge < -0.3 is 14.7 Å². The topological polar surface area (TPSA) is 84.7 Å². The predicted octanol–water partition coefficient (Wildman–Crippen LogP) is -0.0375. The summed E-state index contributed by atoms with van der Waals surface area (Å²) in [4.78, 5) is 25.1. The van der Waals surface area contributed by atoms with Gasteiger partial charge in [0, 0.05) is 19.3 Å². The largest absolute Gasteiger partial charge is 0.480 e. The highest BCUT2D eigenvalue weighted by atomic mass is 16.5. The molecule has 0 bridgehead atoms. The van der Waals surface area contributed by atoms with Gasteiger partial charge in [0.15, 0.2) is 6.04 Å². The van der Waals surface area contributed by atoms with Gasteiger partial charge in [-0.1, -0.05) is 0 Å². The lowest BCUT2D eigenvalue weighted by Crippen LogP contribution is -2.52. The lowest BCUT2D eigenvalue weighted by molar-refractivity contribution is -0.147. The fourth-order valence-electron chi connectivity index (χ4n) is 2.28. The normalized spacial score (nSPS) is 19.5. The summed E-state index contributed by atoms with van der Waals surface area (Å²) < 4.78 is 6.75. The molecule has 1 unspecified atom stereocenters. The van der Waals surface area contributed by atoms with Crippen LogP contribution < -0.4 is 0 Å². The maximum absolute atomic E-state index is 12.5. The molecule has 1 amide bonds. The summed E-state index contributed by atoms with van der Waals surface area (Å²) >= 11 is 0. The van der Waals surface area contributed by atoms with Crippen LogP contribution in [0.15, 0.2) is 0 Å². The second-order valence-electron chi connectivity index (χ2n) is 4.60. The Morgan fingerprint density at radius 3 is 2.63 bits per heavy atom. The minimum Gasteiger partial charge on any atom is -0.480 e. The molecule has 1 aromatic heterocycles. The SMILES string of the molecule is Cc1nn(C)c(C)c1C(=O)N1CCOCC1C(=O)O. The van der Waals surface area contributed by atoms with E-state index in [1.165, 1.54) is 4.90 Å². The molecule has 0 aliphatic carbocycles. The van der Waals surface area contributed by atoms with Gasteiger partial charge >= 0.3 is 5.97 Å². The molecular weight excluding hydrogens is 250 g/mol. The van der Waals surface area contributed by atoms with Crippen molar-refractivity contribution in [3.8, 4) is 0 Å². The standard InChI is InChI=1S/C12H17N3O4/c1-7-10(8(2)14(3)13-7)11(16)15-4-5-19-6-9(15)12(17)18/h9H,4-6H2,1-3H3,(H,17,18). The van der Waals surface area contributed by atoms with E-state index in [4.69, 9.17) is 9.84 Å². The van der Waals surface area contributed by atoms with Crippen LogP contribution in [0.5, 0.6) is 0 Å². The quantitative estimate of drug-likeness (QED) is 0.813. The zero-order valence-corrected chi connectivity index (χ0v) is 11.2. The van der Waals surface area contributed by atoms with Gasteiger partial charge in [0.25, 0.3) is 5.91 Å². The number of amides is 1. The van der Waals surface area contributed by atoms with E-state index in [1.54, 1.807) is 25.6 Å². The highest BCUT2D eigenvalue weighted by Gasteiger charge is 2.35. The van der Waals surface area contributed by atoms with Crippen LogP contribution in [-0.4, -0.2) is 57.5 Å². The Balaban J connectivity index is 2.34. The van der Waals surface area contributed by atoms with Gasteiger partial charge in [-0.3, -0.25) is 9.48 Å². The van der Waals surface area contributed by atoms with Crippen molar-refractivity contribution >= 4 is 11.9 Å². The van der Waals surface area contributed by atoms with E-state index >= 15 is 0 Å². The van der Waals surface area contributed by atoms with Crippen molar-refractivity contribution < 1.29 is 19.4 Å². The summed E-state index contributed by atoms with van der Waals surface area (Å²) in [7, 11) is 1.76. The first kappa shape index (κ1) is 13.5. The second kappa shape index (κ2) is 5.00. The molecule has 19 heavy (non-hydrogen) atoms. The van der Waals surface area contributed by atoms with E-state index in [1.807, 2.05) is 0 Å². The summed E-state index contributed by atoms with van der Waals surface area (Å²) in [5, 5.41) is 13.3. The lowest BCUT2D eigenvalue weighted by Gasteiger charge is -2.32. The van der Waals surface area contributed by atoms with Crippen molar-refractivity contribution in [1.29, 1.82) is 0 Å². The van der Waals surface area contributed by atoms with E-state index in [9.17, 15) is 9.59 Å². The molecule has 104 valence electrons. The first-order valence-electron chi connectivity index (χ1n) is 6.05. The first-order valence-corrected chi connectivity index (χ1v) is 6.05. The molecule has 7 nitrogen and oxygen atoms in total. The summed E-state index contributed by atoms with van der Waals surface area (Å²) in [6, 6.07) is -0.930. The molecule has 0 spiro atoms. The minimum absolute atomic E-state index is 0.0272. The number of hydrogen-bond donors (Lipinski definition) is 1. The molecule has 0 aromatic carbocycles. The number of rotatable bonds is 2. The van der Waals surface area contributed by atoms with Gasteiger partial charge in [0.1, 0.15) is 0 Å². The number of aryl methyl sites for hydroxylation is 2. The molecule has 1 aromatic rings. The first-order chi connectivity index (χ1) is 8.93. The lowest BCUT2D eigenvalue weighted by atomic mass is 10.1. The van der Waals surface area contributed by atoms with Crippen molar-refractivity contribution in [3.63, 3.8) is 0 Å². The smallest absolute Gasteiger partial charge is 0.328 e. The molecule has 1 saturated heterocycles. The number of hydrogen-bond acceptors (Lipinski definition) is 4. The summed E-state index contributed by atoms with van der Waals surface area (Å²) in [5.74, 6) is -1.34. The molecule has 2 heterocycles. The highest BCUT2D eigenvalue weighted by molar-refractivity contribution is 5.98. The number of aliphatic carboxylic acids is 1. The van der Waals surface area contributed by atoms with Crippen molar-refractivity contribution in [2.45, 2.75) is 19.9 Å². The molecule has 1 aliphatic rings. The van der Waals surface area contributed by atoms with Gasteiger partial charge in [-0.2, -0.15) is 5.10 Å². The molecule has 1 atom stereocenters. The number of aromatic nitrogens is 2. The van der Waals surface area contributed by atoms with Crippen LogP contribution in [0.4, 0.5) is 0 Å². The third kappa shape index (κ3) is 2.33. The Hall–Kier alpha value is -1.89. The van der Waals surface area contributed by atoms with Crippen molar-refractivity contribution in [2.75, 3.05) is 19.8 Å². The van der Waals surface area contributed by atoms with Gasteiger partial charge in [-0.15, -0.1) is 0 Å². The van der Waals surface area contributed by atoms with Crippen LogP contribution >= 0.6 is 0 Å². The average Bonchev–Trinajstić information content (AvgIpc) is 2.62. The Morgan fingerprint density at radius 2 is 2.11 bits per heavy atom. The molecule has 7 heteroatoms. The Kier molecular flexibility index (Phi) is 3.57. The average molecular weight is 267 g/mol. The van der Waals surface area contributed by atoms with Gasteiger partial charge in [0.05, 0.1) is 24.5 Å². The molecular formula is C12H17N3O4.